The normalized spacial score (nSPS) is 11.5. The molecule has 0 spiro atoms. The second-order valence-electron chi connectivity index (χ2n) is 3.89. The molecule has 0 saturated carbocycles. The first-order valence-corrected chi connectivity index (χ1v) is 6.13. The molecule has 7 nitrogen and oxygen atoms in total. The summed E-state index contributed by atoms with van der Waals surface area (Å²) >= 11 is 0. The Hall–Kier alpha value is -2.28. The molecule has 0 aromatic heterocycles. The van der Waals surface area contributed by atoms with Gasteiger partial charge in [0.1, 0.15) is 6.10 Å². The zero-order chi connectivity index (χ0) is 15.0. The summed E-state index contributed by atoms with van der Waals surface area (Å²) in [6.07, 6.45) is -1.41. The van der Waals surface area contributed by atoms with E-state index in [0.29, 0.717) is 18.1 Å². The van der Waals surface area contributed by atoms with Crippen LogP contribution in [0.5, 0.6) is 11.5 Å². The predicted molar refractivity (Wildman–Crippen MR) is 71.3 cm³/mol. The van der Waals surface area contributed by atoms with E-state index in [-0.39, 0.29) is 13.2 Å². The van der Waals surface area contributed by atoms with Crippen LogP contribution in [-0.2, 0) is 9.59 Å². The van der Waals surface area contributed by atoms with Gasteiger partial charge in [-0.25, -0.2) is 0 Å². The molecule has 0 aliphatic carbocycles. The molecule has 4 N–H and O–H groups in total. The fraction of sp³-hybridized carbons (Fsp3) is 0.385. The Kier molecular flexibility index (Phi) is 6.31. The van der Waals surface area contributed by atoms with Crippen LogP contribution in [0.15, 0.2) is 24.3 Å². The van der Waals surface area contributed by atoms with Crippen molar-refractivity contribution in [3.05, 3.63) is 24.3 Å². The Morgan fingerprint density at radius 1 is 1.30 bits per heavy atom. The molecule has 1 atom stereocenters. The van der Waals surface area contributed by atoms with Crippen LogP contribution in [0.25, 0.3) is 0 Å². The number of primary amides is 1. The lowest BCUT2D eigenvalue weighted by Crippen LogP contribution is -2.41. The van der Waals surface area contributed by atoms with Gasteiger partial charge < -0.3 is 25.6 Å². The molecule has 0 aliphatic heterocycles. The number of aliphatic hydroxyl groups is 1. The summed E-state index contributed by atoms with van der Waals surface area (Å²) in [5, 5.41) is 11.5. The maximum atomic E-state index is 11.5. The summed E-state index contributed by atoms with van der Waals surface area (Å²) in [6.45, 7) is 1.83. The van der Waals surface area contributed by atoms with Gasteiger partial charge >= 0.3 is 0 Å². The topological polar surface area (TPSA) is 111 Å². The number of amides is 2. The van der Waals surface area contributed by atoms with Crippen LogP contribution in [-0.4, -0.2) is 42.8 Å². The number of nitrogens with one attached hydrogen (secondary N) is 1. The van der Waals surface area contributed by atoms with E-state index in [1.54, 1.807) is 24.3 Å². The molecule has 0 radical (unpaired) electrons. The molecule has 1 rings (SSSR count). The van der Waals surface area contributed by atoms with Crippen molar-refractivity contribution in [3.8, 4) is 11.5 Å². The summed E-state index contributed by atoms with van der Waals surface area (Å²) in [5.74, 6) is -0.385. The molecule has 0 saturated heterocycles. The number of hydrogen-bond acceptors (Lipinski definition) is 5. The van der Waals surface area contributed by atoms with Crippen molar-refractivity contribution in [3.63, 3.8) is 0 Å². The summed E-state index contributed by atoms with van der Waals surface area (Å²) in [6, 6.07) is 6.96. The largest absolute Gasteiger partial charge is 0.490 e. The fourth-order valence-electron chi connectivity index (χ4n) is 1.35. The van der Waals surface area contributed by atoms with Crippen LogP contribution in [0.1, 0.15) is 6.92 Å². The molecule has 2 amide bonds. The summed E-state index contributed by atoms with van der Waals surface area (Å²) < 4.78 is 10.7. The molecular weight excluding hydrogens is 264 g/mol. The molecule has 7 heteroatoms. The minimum Gasteiger partial charge on any atom is -0.490 e. The molecule has 0 bridgehead atoms. The molecule has 0 fully saturated rings. The van der Waals surface area contributed by atoms with Crippen LogP contribution >= 0.6 is 0 Å². The zero-order valence-corrected chi connectivity index (χ0v) is 11.2. The van der Waals surface area contributed by atoms with Gasteiger partial charge in [-0.05, 0) is 19.1 Å². The van der Waals surface area contributed by atoms with Gasteiger partial charge in [0.2, 0.25) is 5.91 Å². The Morgan fingerprint density at radius 3 is 2.45 bits per heavy atom. The number of carbonyl (C=O) groups is 2. The van der Waals surface area contributed by atoms with Crippen LogP contribution in [0.4, 0.5) is 0 Å². The van der Waals surface area contributed by atoms with E-state index < -0.39 is 17.9 Å². The highest BCUT2D eigenvalue weighted by Gasteiger charge is 2.13. The molecule has 0 heterocycles. The van der Waals surface area contributed by atoms with Crippen molar-refractivity contribution in [2.75, 3.05) is 19.8 Å². The Bertz CT molecular complexity index is 464. The zero-order valence-electron chi connectivity index (χ0n) is 11.2. The van der Waals surface area contributed by atoms with E-state index in [4.69, 9.17) is 20.3 Å². The van der Waals surface area contributed by atoms with Gasteiger partial charge in [-0.15, -0.1) is 0 Å². The monoisotopic (exact) mass is 282 g/mol. The van der Waals surface area contributed by atoms with E-state index in [1.807, 2.05) is 6.92 Å². The highest BCUT2D eigenvalue weighted by atomic mass is 16.5. The number of nitrogens with two attached hydrogens (primary N) is 1. The van der Waals surface area contributed by atoms with Gasteiger partial charge in [0, 0.05) is 0 Å². The van der Waals surface area contributed by atoms with E-state index in [0.717, 1.165) is 0 Å². The smallest absolute Gasteiger partial charge is 0.258 e. The second kappa shape index (κ2) is 8.00. The molecule has 1 aromatic carbocycles. The number of hydrogen-bond donors (Lipinski definition) is 3. The quantitative estimate of drug-likeness (QED) is 0.591. The highest BCUT2D eigenvalue weighted by Crippen LogP contribution is 2.26. The van der Waals surface area contributed by atoms with Crippen LogP contribution < -0.4 is 20.5 Å². The number of carbonyl (C=O) groups excluding carboxylic acids is 2. The van der Waals surface area contributed by atoms with Crippen molar-refractivity contribution in [2.24, 2.45) is 5.73 Å². The Labute approximate surface area is 116 Å². The molecule has 1 aromatic rings. The summed E-state index contributed by atoms with van der Waals surface area (Å²) in [5.41, 5.74) is 4.85. The molecule has 110 valence electrons. The fourth-order valence-corrected chi connectivity index (χ4v) is 1.35. The lowest BCUT2D eigenvalue weighted by Gasteiger charge is -2.12. The third-order valence-electron chi connectivity index (χ3n) is 2.33. The first-order chi connectivity index (χ1) is 9.54. The average molecular weight is 282 g/mol. The Morgan fingerprint density at radius 2 is 1.90 bits per heavy atom. The second-order valence-corrected chi connectivity index (χ2v) is 3.89. The lowest BCUT2D eigenvalue weighted by molar-refractivity contribution is -0.127. The van der Waals surface area contributed by atoms with Gasteiger partial charge in [0.25, 0.3) is 5.91 Å². The number of ether oxygens (including phenoxy) is 2. The first kappa shape index (κ1) is 15.8. The highest BCUT2D eigenvalue weighted by molar-refractivity contribution is 5.81. The first-order valence-electron chi connectivity index (χ1n) is 6.13. The maximum absolute atomic E-state index is 11.5. The minimum atomic E-state index is -1.41. The number of aliphatic hydroxyl groups excluding tert-OH is 1. The van der Waals surface area contributed by atoms with Crippen molar-refractivity contribution < 1.29 is 24.2 Å². The van der Waals surface area contributed by atoms with Gasteiger partial charge in [0.05, 0.1) is 13.2 Å². The molecule has 1 unspecified atom stereocenters. The SMILES string of the molecule is CCOc1ccccc1OCC(=O)NCC(O)C(N)=O. The van der Waals surface area contributed by atoms with Crippen molar-refractivity contribution >= 4 is 11.8 Å². The molecule has 20 heavy (non-hydrogen) atoms. The molecular formula is C13H18N2O5. The Balaban J connectivity index is 2.43. The maximum Gasteiger partial charge on any atom is 0.258 e. The third kappa shape index (κ3) is 5.15. The van der Waals surface area contributed by atoms with E-state index in [9.17, 15) is 9.59 Å². The van der Waals surface area contributed by atoms with Gasteiger partial charge in [0.15, 0.2) is 18.1 Å². The number of rotatable bonds is 8. The average Bonchev–Trinajstić information content (AvgIpc) is 2.44. The van der Waals surface area contributed by atoms with Gasteiger partial charge in [-0.1, -0.05) is 12.1 Å². The van der Waals surface area contributed by atoms with E-state index in [2.05, 4.69) is 5.32 Å². The van der Waals surface area contributed by atoms with Crippen LogP contribution in [0, 0.1) is 0 Å². The standard InChI is InChI=1S/C13H18N2O5/c1-2-19-10-5-3-4-6-11(10)20-8-12(17)15-7-9(16)13(14)18/h3-6,9,16H,2,7-8H2,1H3,(H2,14,18)(H,15,17). The van der Waals surface area contributed by atoms with E-state index in [1.165, 1.54) is 0 Å². The van der Waals surface area contributed by atoms with E-state index >= 15 is 0 Å². The lowest BCUT2D eigenvalue weighted by atomic mass is 10.3. The number of benzene rings is 1. The summed E-state index contributed by atoms with van der Waals surface area (Å²) in [7, 11) is 0. The summed E-state index contributed by atoms with van der Waals surface area (Å²) in [4.78, 5) is 22.1. The predicted octanol–water partition coefficient (Wildman–Crippen LogP) is -0.573. The van der Waals surface area contributed by atoms with Crippen LogP contribution in [0.2, 0.25) is 0 Å². The molecule has 0 aliphatic rings. The third-order valence-corrected chi connectivity index (χ3v) is 2.33. The minimum absolute atomic E-state index is 0.245. The van der Waals surface area contributed by atoms with Crippen molar-refractivity contribution in [1.29, 1.82) is 0 Å². The van der Waals surface area contributed by atoms with Gasteiger partial charge in [-0.3, -0.25) is 9.59 Å². The number of para-hydroxylation sites is 2. The van der Waals surface area contributed by atoms with Gasteiger partial charge in [-0.2, -0.15) is 0 Å². The van der Waals surface area contributed by atoms with Crippen LogP contribution in [0.3, 0.4) is 0 Å². The van der Waals surface area contributed by atoms with Crippen molar-refractivity contribution in [2.45, 2.75) is 13.0 Å². The van der Waals surface area contributed by atoms with Crippen molar-refractivity contribution in [1.82, 2.24) is 5.32 Å².